The number of aliphatic hydroxyl groups is 1. The fourth-order valence-electron chi connectivity index (χ4n) is 1.83. The van der Waals surface area contributed by atoms with Gasteiger partial charge in [-0.25, -0.2) is 0 Å². The summed E-state index contributed by atoms with van der Waals surface area (Å²) in [5.41, 5.74) is 5.54. The predicted octanol–water partition coefficient (Wildman–Crippen LogP) is -0.386. The summed E-state index contributed by atoms with van der Waals surface area (Å²) in [6, 6.07) is -0.610. The molecule has 1 fully saturated rings. The number of hydrogen-bond donors (Lipinski definition) is 3. The maximum absolute atomic E-state index is 11.4. The smallest absolute Gasteiger partial charge is 0.237 e. The van der Waals surface area contributed by atoms with Crippen molar-refractivity contribution in [3.8, 4) is 12.3 Å². The Bertz CT molecular complexity index is 260. The van der Waals surface area contributed by atoms with E-state index in [1.54, 1.807) is 0 Å². The zero-order valence-electron chi connectivity index (χ0n) is 8.78. The second-order valence-electron chi connectivity index (χ2n) is 4.09. The molecule has 1 aliphatic rings. The van der Waals surface area contributed by atoms with E-state index < -0.39 is 6.04 Å². The molecular formula is C11H18N2O2. The average molecular weight is 210 g/mol. The Labute approximate surface area is 90.2 Å². The minimum absolute atomic E-state index is 0.200. The van der Waals surface area contributed by atoms with Gasteiger partial charge in [0.15, 0.2) is 0 Å². The second-order valence-corrected chi connectivity index (χ2v) is 4.09. The van der Waals surface area contributed by atoms with Crippen molar-refractivity contribution in [2.75, 3.05) is 6.54 Å². The van der Waals surface area contributed by atoms with Gasteiger partial charge in [-0.05, 0) is 25.2 Å². The quantitative estimate of drug-likeness (QED) is 0.553. The van der Waals surface area contributed by atoms with Crippen molar-refractivity contribution < 1.29 is 9.90 Å². The van der Waals surface area contributed by atoms with Crippen molar-refractivity contribution in [2.24, 2.45) is 11.7 Å². The van der Waals surface area contributed by atoms with Crippen molar-refractivity contribution in [3.05, 3.63) is 0 Å². The van der Waals surface area contributed by atoms with Crippen molar-refractivity contribution in [1.29, 1.82) is 0 Å². The minimum Gasteiger partial charge on any atom is -0.393 e. The van der Waals surface area contributed by atoms with E-state index in [2.05, 4.69) is 11.2 Å². The number of amides is 1. The van der Waals surface area contributed by atoms with Gasteiger partial charge in [-0.15, -0.1) is 12.3 Å². The van der Waals surface area contributed by atoms with Crippen molar-refractivity contribution in [1.82, 2.24) is 5.32 Å². The Morgan fingerprint density at radius 2 is 2.40 bits per heavy atom. The van der Waals surface area contributed by atoms with E-state index in [1.165, 1.54) is 0 Å². The van der Waals surface area contributed by atoms with E-state index >= 15 is 0 Å². The summed E-state index contributed by atoms with van der Waals surface area (Å²) >= 11 is 0. The molecule has 1 amide bonds. The van der Waals surface area contributed by atoms with E-state index in [9.17, 15) is 9.90 Å². The summed E-state index contributed by atoms with van der Waals surface area (Å²) in [5.74, 6) is 2.53. The normalized spacial score (nSPS) is 27.0. The third-order valence-electron chi connectivity index (χ3n) is 2.75. The first kappa shape index (κ1) is 12.0. The molecule has 3 atom stereocenters. The monoisotopic (exact) mass is 210 g/mol. The summed E-state index contributed by atoms with van der Waals surface area (Å²) in [4.78, 5) is 11.4. The highest BCUT2D eigenvalue weighted by Crippen LogP contribution is 2.24. The third kappa shape index (κ3) is 3.90. The molecule has 0 saturated heterocycles. The lowest BCUT2D eigenvalue weighted by Gasteiger charge is -2.13. The zero-order valence-corrected chi connectivity index (χ0v) is 8.78. The van der Waals surface area contributed by atoms with Gasteiger partial charge in [-0.2, -0.15) is 0 Å². The van der Waals surface area contributed by atoms with Gasteiger partial charge < -0.3 is 16.2 Å². The highest BCUT2D eigenvalue weighted by atomic mass is 16.3. The molecule has 0 aromatic rings. The summed E-state index contributed by atoms with van der Waals surface area (Å²) in [6.45, 7) is 0.591. The SMILES string of the molecule is C#CCC(N)C(=O)NCC1CCC(O)C1. The Morgan fingerprint density at radius 1 is 1.67 bits per heavy atom. The Morgan fingerprint density at radius 3 is 2.93 bits per heavy atom. The first-order valence-electron chi connectivity index (χ1n) is 5.28. The van der Waals surface area contributed by atoms with Crippen molar-refractivity contribution in [3.63, 3.8) is 0 Å². The van der Waals surface area contributed by atoms with Crippen LogP contribution in [0.25, 0.3) is 0 Å². The van der Waals surface area contributed by atoms with Gasteiger partial charge in [0, 0.05) is 13.0 Å². The molecule has 0 bridgehead atoms. The van der Waals surface area contributed by atoms with Gasteiger partial charge in [-0.1, -0.05) is 0 Å². The topological polar surface area (TPSA) is 75.4 Å². The molecule has 0 aliphatic heterocycles. The Hall–Kier alpha value is -1.05. The molecular weight excluding hydrogens is 192 g/mol. The summed E-state index contributed by atoms with van der Waals surface area (Å²) < 4.78 is 0. The summed E-state index contributed by atoms with van der Waals surface area (Å²) in [7, 11) is 0. The predicted molar refractivity (Wildman–Crippen MR) is 57.8 cm³/mol. The first-order chi connectivity index (χ1) is 7.13. The van der Waals surface area contributed by atoms with E-state index in [-0.39, 0.29) is 18.4 Å². The van der Waals surface area contributed by atoms with Gasteiger partial charge >= 0.3 is 0 Å². The van der Waals surface area contributed by atoms with E-state index in [1.807, 2.05) is 0 Å². The van der Waals surface area contributed by atoms with Crippen LogP contribution < -0.4 is 11.1 Å². The maximum Gasteiger partial charge on any atom is 0.237 e. The fourth-order valence-corrected chi connectivity index (χ4v) is 1.83. The molecule has 84 valence electrons. The van der Waals surface area contributed by atoms with Crippen LogP contribution in [0, 0.1) is 18.3 Å². The lowest BCUT2D eigenvalue weighted by atomic mass is 10.1. The average Bonchev–Trinajstić information content (AvgIpc) is 2.61. The van der Waals surface area contributed by atoms with Crippen LogP contribution in [0.2, 0.25) is 0 Å². The van der Waals surface area contributed by atoms with Crippen LogP contribution in [-0.4, -0.2) is 29.7 Å². The number of nitrogens with one attached hydrogen (secondary N) is 1. The molecule has 4 N–H and O–H groups in total. The summed E-state index contributed by atoms with van der Waals surface area (Å²) in [6.07, 6.45) is 7.68. The highest BCUT2D eigenvalue weighted by molar-refractivity contribution is 5.81. The first-order valence-corrected chi connectivity index (χ1v) is 5.28. The van der Waals surface area contributed by atoms with Crippen molar-refractivity contribution >= 4 is 5.91 Å². The third-order valence-corrected chi connectivity index (χ3v) is 2.75. The number of hydrogen-bond acceptors (Lipinski definition) is 3. The van der Waals surface area contributed by atoms with Crippen LogP contribution >= 0.6 is 0 Å². The fraction of sp³-hybridized carbons (Fsp3) is 0.727. The van der Waals surface area contributed by atoms with E-state index in [0.29, 0.717) is 12.5 Å². The van der Waals surface area contributed by atoms with Gasteiger partial charge in [0.05, 0.1) is 12.1 Å². The molecule has 1 aliphatic carbocycles. The molecule has 4 heteroatoms. The zero-order chi connectivity index (χ0) is 11.3. The van der Waals surface area contributed by atoms with Gasteiger partial charge in [0.1, 0.15) is 0 Å². The molecule has 1 saturated carbocycles. The molecule has 0 heterocycles. The Balaban J connectivity index is 2.20. The van der Waals surface area contributed by atoms with Crippen LogP contribution in [0.4, 0.5) is 0 Å². The minimum atomic E-state index is -0.610. The van der Waals surface area contributed by atoms with Crippen LogP contribution in [0.5, 0.6) is 0 Å². The van der Waals surface area contributed by atoms with Gasteiger partial charge in [-0.3, -0.25) is 4.79 Å². The molecule has 0 aromatic carbocycles. The standard InChI is InChI=1S/C11H18N2O2/c1-2-3-10(12)11(15)13-7-8-4-5-9(14)6-8/h1,8-10,14H,3-7,12H2,(H,13,15). The highest BCUT2D eigenvalue weighted by Gasteiger charge is 2.23. The largest absolute Gasteiger partial charge is 0.393 e. The van der Waals surface area contributed by atoms with Gasteiger partial charge in [0.25, 0.3) is 0 Å². The molecule has 1 rings (SSSR count). The molecule has 15 heavy (non-hydrogen) atoms. The lowest BCUT2D eigenvalue weighted by molar-refractivity contribution is -0.122. The van der Waals surface area contributed by atoms with E-state index in [4.69, 9.17) is 12.2 Å². The molecule has 0 spiro atoms. The molecule has 4 nitrogen and oxygen atoms in total. The van der Waals surface area contributed by atoms with Crippen LogP contribution in [-0.2, 0) is 4.79 Å². The number of terminal acetylenes is 1. The summed E-state index contributed by atoms with van der Waals surface area (Å²) in [5, 5.41) is 12.1. The Kier molecular flexibility index (Phi) is 4.60. The number of rotatable bonds is 4. The second kappa shape index (κ2) is 5.74. The number of carbonyl (C=O) groups excluding carboxylic acids is 1. The molecule has 3 unspecified atom stereocenters. The van der Waals surface area contributed by atoms with Crippen molar-refractivity contribution in [2.45, 2.75) is 37.8 Å². The van der Waals surface area contributed by atoms with Gasteiger partial charge in [0.2, 0.25) is 5.91 Å². The lowest BCUT2D eigenvalue weighted by Crippen LogP contribution is -2.42. The van der Waals surface area contributed by atoms with Crippen LogP contribution in [0.1, 0.15) is 25.7 Å². The maximum atomic E-state index is 11.4. The molecule has 0 radical (unpaired) electrons. The number of aliphatic hydroxyl groups excluding tert-OH is 1. The van der Waals surface area contributed by atoms with E-state index in [0.717, 1.165) is 19.3 Å². The molecule has 0 aromatic heterocycles. The number of carbonyl (C=O) groups is 1. The van der Waals surface area contributed by atoms with Crippen LogP contribution in [0.3, 0.4) is 0 Å². The number of nitrogens with two attached hydrogens (primary N) is 1. The van der Waals surface area contributed by atoms with Crippen LogP contribution in [0.15, 0.2) is 0 Å².